The summed E-state index contributed by atoms with van der Waals surface area (Å²) in [5.74, 6) is 0. The van der Waals surface area contributed by atoms with E-state index in [9.17, 15) is 4.79 Å². The number of fused-ring (bicyclic) bond motifs is 1. The molecule has 0 bridgehead atoms. The van der Waals surface area contributed by atoms with Crippen LogP contribution in [0.3, 0.4) is 0 Å². The Labute approximate surface area is 132 Å². The molecule has 3 rings (SSSR count). The van der Waals surface area contributed by atoms with Crippen LogP contribution in [0.15, 0.2) is 24.7 Å². The van der Waals surface area contributed by atoms with Gasteiger partial charge in [0.2, 0.25) is 0 Å². The molecule has 2 amide bonds. The molecule has 22 heavy (non-hydrogen) atoms. The highest BCUT2D eigenvalue weighted by Crippen LogP contribution is 2.18. The smallest absolute Gasteiger partial charge is 0.319 e. The molecule has 1 aliphatic heterocycles. The molecule has 0 saturated heterocycles. The van der Waals surface area contributed by atoms with Gasteiger partial charge in [-0.2, -0.15) is 5.10 Å². The minimum absolute atomic E-state index is 0.281. The molecule has 7 nitrogen and oxygen atoms in total. The largest absolute Gasteiger partial charge is 0.376 e. The summed E-state index contributed by atoms with van der Waals surface area (Å²) in [6.07, 6.45) is 5.74. The quantitative estimate of drug-likeness (QED) is 0.900. The molecule has 0 aromatic carbocycles. The maximum atomic E-state index is 11.8. The van der Waals surface area contributed by atoms with Crippen LogP contribution in [0.1, 0.15) is 11.3 Å². The molecule has 0 atom stereocenters. The third-order valence-corrected chi connectivity index (χ3v) is 3.48. The number of carbonyl (C=O) groups is 1. The fraction of sp³-hybridized carbons (Fsp3) is 0.357. The fourth-order valence-corrected chi connectivity index (χ4v) is 2.38. The highest BCUT2D eigenvalue weighted by atomic mass is 35.5. The van der Waals surface area contributed by atoms with Crippen LogP contribution in [0.4, 0.5) is 10.5 Å². The van der Waals surface area contributed by atoms with E-state index >= 15 is 0 Å². The number of hydrogen-bond donors (Lipinski definition) is 2. The zero-order valence-corrected chi connectivity index (χ0v) is 12.6. The van der Waals surface area contributed by atoms with Crippen LogP contribution in [0.2, 0.25) is 5.02 Å². The molecular formula is C14H16ClN5O2. The van der Waals surface area contributed by atoms with Gasteiger partial charge in [0, 0.05) is 30.4 Å². The molecule has 1 aliphatic rings. The number of nitrogens with one attached hydrogen (secondary N) is 2. The van der Waals surface area contributed by atoms with E-state index in [1.165, 1.54) is 0 Å². The molecule has 0 aliphatic carbocycles. The number of ether oxygens (including phenoxy) is 1. The maximum Gasteiger partial charge on any atom is 0.319 e. The molecule has 2 N–H and O–H groups in total. The molecular weight excluding hydrogens is 306 g/mol. The number of amides is 2. The van der Waals surface area contributed by atoms with Gasteiger partial charge in [-0.25, -0.2) is 4.79 Å². The highest BCUT2D eigenvalue weighted by molar-refractivity contribution is 6.30. The number of carbonyl (C=O) groups excluding carboxylic acids is 1. The monoisotopic (exact) mass is 321 g/mol. The van der Waals surface area contributed by atoms with Crippen molar-refractivity contribution < 1.29 is 9.53 Å². The van der Waals surface area contributed by atoms with E-state index in [4.69, 9.17) is 16.3 Å². The predicted octanol–water partition coefficient (Wildman–Crippen LogP) is 1.83. The lowest BCUT2D eigenvalue weighted by Crippen LogP contribution is -2.31. The van der Waals surface area contributed by atoms with Crippen LogP contribution >= 0.6 is 11.6 Å². The van der Waals surface area contributed by atoms with Crippen LogP contribution in [0.25, 0.3) is 0 Å². The number of hydrogen-bond acceptors (Lipinski definition) is 4. The van der Waals surface area contributed by atoms with E-state index in [0.717, 1.165) is 17.7 Å². The number of anilines is 1. The molecule has 0 unspecified atom stereocenters. The zero-order chi connectivity index (χ0) is 15.4. The van der Waals surface area contributed by atoms with E-state index in [-0.39, 0.29) is 6.03 Å². The third-order valence-electron chi connectivity index (χ3n) is 3.29. The van der Waals surface area contributed by atoms with Crippen molar-refractivity contribution in [1.29, 1.82) is 0 Å². The second-order valence-electron chi connectivity index (χ2n) is 4.93. The van der Waals surface area contributed by atoms with Crippen molar-refractivity contribution in [3.8, 4) is 0 Å². The minimum atomic E-state index is -0.281. The van der Waals surface area contributed by atoms with Crippen LogP contribution in [-0.2, 0) is 24.3 Å². The van der Waals surface area contributed by atoms with Crippen LogP contribution in [0, 0.1) is 0 Å². The summed E-state index contributed by atoms with van der Waals surface area (Å²) in [7, 11) is 0. The van der Waals surface area contributed by atoms with Gasteiger partial charge in [0.25, 0.3) is 0 Å². The van der Waals surface area contributed by atoms with Gasteiger partial charge in [-0.1, -0.05) is 11.6 Å². The normalized spacial score (nSPS) is 13.5. The summed E-state index contributed by atoms with van der Waals surface area (Å²) in [5, 5.41) is 10.1. The Morgan fingerprint density at radius 3 is 3.18 bits per heavy atom. The van der Waals surface area contributed by atoms with Crippen molar-refractivity contribution in [2.75, 3.05) is 18.5 Å². The van der Waals surface area contributed by atoms with Crippen molar-refractivity contribution in [2.24, 2.45) is 0 Å². The Bertz CT molecular complexity index is 673. The van der Waals surface area contributed by atoms with E-state index in [1.807, 2.05) is 6.07 Å². The van der Waals surface area contributed by atoms with Gasteiger partial charge < -0.3 is 15.4 Å². The van der Waals surface area contributed by atoms with Gasteiger partial charge in [-0.3, -0.25) is 9.67 Å². The fourth-order valence-electron chi connectivity index (χ4n) is 2.23. The predicted molar refractivity (Wildman–Crippen MR) is 81.9 cm³/mol. The van der Waals surface area contributed by atoms with Crippen molar-refractivity contribution in [3.63, 3.8) is 0 Å². The van der Waals surface area contributed by atoms with Crippen molar-refractivity contribution in [3.05, 3.63) is 40.9 Å². The van der Waals surface area contributed by atoms with Gasteiger partial charge >= 0.3 is 6.03 Å². The number of aromatic nitrogens is 3. The van der Waals surface area contributed by atoms with Gasteiger partial charge in [0.1, 0.15) is 0 Å². The summed E-state index contributed by atoms with van der Waals surface area (Å²) in [5.41, 5.74) is 2.71. The summed E-state index contributed by atoms with van der Waals surface area (Å²) in [4.78, 5) is 16.2. The van der Waals surface area contributed by atoms with Gasteiger partial charge in [0.05, 0.1) is 42.9 Å². The molecule has 0 fully saturated rings. The second kappa shape index (κ2) is 6.76. The zero-order valence-electron chi connectivity index (χ0n) is 11.9. The van der Waals surface area contributed by atoms with E-state index in [0.29, 0.717) is 37.0 Å². The molecule has 8 heteroatoms. The molecule has 0 saturated carbocycles. The average Bonchev–Trinajstić information content (AvgIpc) is 2.92. The number of halogens is 1. The number of rotatable bonds is 4. The first-order valence-electron chi connectivity index (χ1n) is 6.99. The van der Waals surface area contributed by atoms with Crippen molar-refractivity contribution in [1.82, 2.24) is 20.1 Å². The maximum absolute atomic E-state index is 11.8. The summed E-state index contributed by atoms with van der Waals surface area (Å²) in [6.45, 7) is 2.24. The standard InChI is InChI=1S/C14H16ClN5O2/c15-11-6-18-20(8-11)3-2-16-14(21)19-12-5-10-9-22-4-1-13(10)17-7-12/h5-8H,1-4,9H2,(H2,16,19,21). The Balaban J connectivity index is 1.49. The first-order valence-corrected chi connectivity index (χ1v) is 7.37. The first kappa shape index (κ1) is 14.8. The summed E-state index contributed by atoms with van der Waals surface area (Å²) >= 11 is 5.77. The summed E-state index contributed by atoms with van der Waals surface area (Å²) < 4.78 is 7.05. The lowest BCUT2D eigenvalue weighted by atomic mass is 10.1. The van der Waals surface area contributed by atoms with Crippen molar-refractivity contribution >= 4 is 23.3 Å². The van der Waals surface area contributed by atoms with Gasteiger partial charge in [-0.15, -0.1) is 0 Å². The molecule has 3 heterocycles. The lowest BCUT2D eigenvalue weighted by Gasteiger charge is -2.16. The molecule has 2 aromatic rings. The topological polar surface area (TPSA) is 81.1 Å². The Morgan fingerprint density at radius 2 is 2.36 bits per heavy atom. The van der Waals surface area contributed by atoms with E-state index < -0.39 is 0 Å². The Morgan fingerprint density at radius 1 is 1.45 bits per heavy atom. The number of pyridine rings is 1. The lowest BCUT2D eigenvalue weighted by molar-refractivity contribution is 0.109. The Kier molecular flexibility index (Phi) is 4.55. The molecule has 0 radical (unpaired) electrons. The van der Waals surface area contributed by atoms with Crippen LogP contribution in [0.5, 0.6) is 0 Å². The van der Waals surface area contributed by atoms with Gasteiger partial charge in [-0.05, 0) is 6.07 Å². The van der Waals surface area contributed by atoms with Crippen LogP contribution in [-0.4, -0.2) is 33.9 Å². The SMILES string of the molecule is O=C(NCCn1cc(Cl)cn1)Nc1cnc2c(c1)COCC2. The molecule has 116 valence electrons. The number of urea groups is 1. The van der Waals surface area contributed by atoms with E-state index in [2.05, 4.69) is 20.7 Å². The van der Waals surface area contributed by atoms with Gasteiger partial charge in [0.15, 0.2) is 0 Å². The second-order valence-corrected chi connectivity index (χ2v) is 5.37. The first-order chi connectivity index (χ1) is 10.7. The number of nitrogens with zero attached hydrogens (tertiary/aromatic N) is 3. The average molecular weight is 322 g/mol. The highest BCUT2D eigenvalue weighted by Gasteiger charge is 2.12. The third kappa shape index (κ3) is 3.75. The molecule has 0 spiro atoms. The van der Waals surface area contributed by atoms with Crippen molar-refractivity contribution in [2.45, 2.75) is 19.6 Å². The molecule has 2 aromatic heterocycles. The summed E-state index contributed by atoms with van der Waals surface area (Å²) in [6, 6.07) is 1.62. The minimum Gasteiger partial charge on any atom is -0.376 e. The Hall–Kier alpha value is -2.12. The van der Waals surface area contributed by atoms with Crippen LogP contribution < -0.4 is 10.6 Å². The van der Waals surface area contributed by atoms with E-state index in [1.54, 1.807) is 23.3 Å².